The third-order valence-electron chi connectivity index (χ3n) is 2.69. The Bertz CT molecular complexity index is 306. The third-order valence-corrected chi connectivity index (χ3v) is 2.69. The van der Waals surface area contributed by atoms with E-state index in [-0.39, 0.29) is 19.1 Å². The topological polar surface area (TPSA) is 67.2 Å². The number of rotatable bonds is 8. The normalized spacial score (nSPS) is 12.4. The van der Waals surface area contributed by atoms with Crippen molar-refractivity contribution < 1.29 is 9.90 Å². The van der Waals surface area contributed by atoms with Gasteiger partial charge in [-0.2, -0.15) is 5.10 Å². The molecule has 1 unspecified atom stereocenters. The summed E-state index contributed by atoms with van der Waals surface area (Å²) in [6.07, 6.45) is 6.26. The maximum Gasteiger partial charge on any atom is 0.241 e. The number of carbonyl (C=O) groups excluding carboxylic acids is 1. The number of nitrogens with one attached hydrogen (secondary N) is 1. The third kappa shape index (κ3) is 5.49. The van der Waals surface area contributed by atoms with Gasteiger partial charge in [-0.25, -0.2) is 0 Å². The maximum absolute atomic E-state index is 11.6. The van der Waals surface area contributed by atoms with E-state index >= 15 is 0 Å². The molecule has 0 radical (unpaired) electrons. The summed E-state index contributed by atoms with van der Waals surface area (Å²) < 4.78 is 1.59. The molecule has 0 aliphatic carbocycles. The van der Waals surface area contributed by atoms with Gasteiger partial charge in [-0.3, -0.25) is 9.48 Å². The van der Waals surface area contributed by atoms with Crippen LogP contribution in [0.15, 0.2) is 18.5 Å². The second-order valence-electron chi connectivity index (χ2n) is 4.17. The van der Waals surface area contributed by atoms with Crippen LogP contribution in [0.4, 0.5) is 0 Å². The zero-order valence-electron chi connectivity index (χ0n) is 10.3. The first-order valence-electron chi connectivity index (χ1n) is 6.11. The molecule has 1 heterocycles. The van der Waals surface area contributed by atoms with Gasteiger partial charge in [0.05, 0.1) is 0 Å². The molecule has 0 bridgehead atoms. The number of carbonyl (C=O) groups is 1. The Hall–Kier alpha value is -1.36. The summed E-state index contributed by atoms with van der Waals surface area (Å²) in [6, 6.07) is 1.79. The Morgan fingerprint density at radius 2 is 2.35 bits per heavy atom. The van der Waals surface area contributed by atoms with Crippen LogP contribution in [-0.4, -0.2) is 33.9 Å². The van der Waals surface area contributed by atoms with E-state index in [1.807, 2.05) is 0 Å². The van der Waals surface area contributed by atoms with Crippen LogP contribution in [0.2, 0.25) is 0 Å². The van der Waals surface area contributed by atoms with Crippen molar-refractivity contribution in [2.24, 2.45) is 5.92 Å². The van der Waals surface area contributed by atoms with Crippen LogP contribution in [0, 0.1) is 5.92 Å². The highest BCUT2D eigenvalue weighted by Crippen LogP contribution is 2.09. The number of hydrogen-bond acceptors (Lipinski definition) is 3. The highest BCUT2D eigenvalue weighted by Gasteiger charge is 2.09. The van der Waals surface area contributed by atoms with E-state index in [9.17, 15) is 4.79 Å². The van der Waals surface area contributed by atoms with Crippen LogP contribution in [0.5, 0.6) is 0 Å². The highest BCUT2D eigenvalue weighted by molar-refractivity contribution is 5.75. The molecule has 1 atom stereocenters. The predicted octanol–water partition coefficient (Wildman–Crippen LogP) is 0.798. The Labute approximate surface area is 102 Å². The van der Waals surface area contributed by atoms with Crippen LogP contribution in [0.1, 0.15) is 26.2 Å². The minimum absolute atomic E-state index is 0.0345. The Morgan fingerprint density at radius 1 is 1.53 bits per heavy atom. The van der Waals surface area contributed by atoms with Crippen molar-refractivity contribution in [1.82, 2.24) is 15.1 Å². The molecule has 1 aromatic heterocycles. The lowest BCUT2D eigenvalue weighted by molar-refractivity contribution is -0.122. The summed E-state index contributed by atoms with van der Waals surface area (Å²) in [4.78, 5) is 11.6. The number of nitrogens with zero attached hydrogens (tertiary/aromatic N) is 2. The first-order chi connectivity index (χ1) is 8.26. The molecule has 0 aliphatic rings. The van der Waals surface area contributed by atoms with Gasteiger partial charge >= 0.3 is 0 Å². The second kappa shape index (κ2) is 7.84. The average Bonchev–Trinajstić information content (AvgIpc) is 2.79. The van der Waals surface area contributed by atoms with E-state index in [2.05, 4.69) is 17.3 Å². The fourth-order valence-corrected chi connectivity index (χ4v) is 1.79. The van der Waals surface area contributed by atoms with Crippen molar-refractivity contribution >= 4 is 5.91 Å². The smallest absolute Gasteiger partial charge is 0.241 e. The Kier molecular flexibility index (Phi) is 6.32. The van der Waals surface area contributed by atoms with Gasteiger partial charge in [-0.15, -0.1) is 0 Å². The molecule has 0 saturated heterocycles. The molecule has 17 heavy (non-hydrogen) atoms. The quantitative estimate of drug-likeness (QED) is 0.705. The first-order valence-corrected chi connectivity index (χ1v) is 6.11. The van der Waals surface area contributed by atoms with Gasteiger partial charge in [0.1, 0.15) is 6.54 Å². The molecule has 0 aromatic carbocycles. The van der Waals surface area contributed by atoms with E-state index in [4.69, 9.17) is 5.11 Å². The van der Waals surface area contributed by atoms with Crippen molar-refractivity contribution in [3.05, 3.63) is 18.5 Å². The molecular weight excluding hydrogens is 218 g/mol. The minimum atomic E-state index is -0.0345. The van der Waals surface area contributed by atoms with E-state index < -0.39 is 0 Å². The summed E-state index contributed by atoms with van der Waals surface area (Å²) in [5, 5.41) is 15.8. The van der Waals surface area contributed by atoms with Crippen molar-refractivity contribution in [3.63, 3.8) is 0 Å². The van der Waals surface area contributed by atoms with E-state index in [1.54, 1.807) is 23.1 Å². The molecule has 0 aliphatic heterocycles. The lowest BCUT2D eigenvalue weighted by Gasteiger charge is -2.15. The summed E-state index contributed by atoms with van der Waals surface area (Å²) >= 11 is 0. The highest BCUT2D eigenvalue weighted by atomic mass is 16.3. The molecule has 5 heteroatoms. The summed E-state index contributed by atoms with van der Waals surface area (Å²) in [5.41, 5.74) is 0. The fourth-order valence-electron chi connectivity index (χ4n) is 1.79. The zero-order chi connectivity index (χ0) is 12.5. The van der Waals surface area contributed by atoms with Crippen LogP contribution in [0.25, 0.3) is 0 Å². The standard InChI is InChI=1S/C12H21N3O2/c1-2-4-11(5-8-16)9-13-12(17)10-15-7-3-6-14-15/h3,6-7,11,16H,2,4-5,8-10H2,1H3,(H,13,17). The van der Waals surface area contributed by atoms with Crippen LogP contribution >= 0.6 is 0 Å². The number of aliphatic hydroxyl groups is 1. The van der Waals surface area contributed by atoms with Crippen molar-refractivity contribution in [2.75, 3.05) is 13.2 Å². The lowest BCUT2D eigenvalue weighted by atomic mass is 10.0. The molecular formula is C12H21N3O2. The molecule has 1 aromatic rings. The predicted molar refractivity (Wildman–Crippen MR) is 65.3 cm³/mol. The van der Waals surface area contributed by atoms with Crippen molar-refractivity contribution in [1.29, 1.82) is 0 Å². The van der Waals surface area contributed by atoms with Gasteiger partial charge in [0.25, 0.3) is 0 Å². The molecule has 1 amide bonds. The van der Waals surface area contributed by atoms with E-state index in [0.717, 1.165) is 19.3 Å². The monoisotopic (exact) mass is 239 g/mol. The molecule has 0 fully saturated rings. The number of aliphatic hydroxyl groups excluding tert-OH is 1. The summed E-state index contributed by atoms with van der Waals surface area (Å²) in [6.45, 7) is 3.18. The summed E-state index contributed by atoms with van der Waals surface area (Å²) in [7, 11) is 0. The molecule has 2 N–H and O–H groups in total. The Morgan fingerprint density at radius 3 is 2.94 bits per heavy atom. The zero-order valence-corrected chi connectivity index (χ0v) is 10.3. The minimum Gasteiger partial charge on any atom is -0.396 e. The van der Waals surface area contributed by atoms with Gasteiger partial charge in [-0.1, -0.05) is 13.3 Å². The SMILES string of the molecule is CCCC(CCO)CNC(=O)Cn1cccn1. The maximum atomic E-state index is 11.6. The van der Waals surface area contributed by atoms with Gasteiger partial charge in [-0.05, 0) is 24.8 Å². The van der Waals surface area contributed by atoms with Gasteiger partial charge in [0, 0.05) is 25.5 Å². The van der Waals surface area contributed by atoms with E-state index in [1.165, 1.54) is 0 Å². The second-order valence-corrected chi connectivity index (χ2v) is 4.17. The molecule has 0 saturated carbocycles. The van der Waals surface area contributed by atoms with Crippen molar-refractivity contribution in [3.8, 4) is 0 Å². The molecule has 5 nitrogen and oxygen atoms in total. The number of aromatic nitrogens is 2. The van der Waals surface area contributed by atoms with Crippen LogP contribution < -0.4 is 5.32 Å². The summed E-state index contributed by atoms with van der Waals surface area (Å²) in [5.74, 6) is 0.333. The number of hydrogen-bond donors (Lipinski definition) is 2. The molecule has 0 spiro atoms. The number of amides is 1. The van der Waals surface area contributed by atoms with Gasteiger partial charge in [0.15, 0.2) is 0 Å². The van der Waals surface area contributed by atoms with E-state index in [0.29, 0.717) is 12.5 Å². The van der Waals surface area contributed by atoms with Crippen molar-refractivity contribution in [2.45, 2.75) is 32.7 Å². The van der Waals surface area contributed by atoms with Gasteiger partial charge in [0.2, 0.25) is 5.91 Å². The largest absolute Gasteiger partial charge is 0.396 e. The van der Waals surface area contributed by atoms with Gasteiger partial charge < -0.3 is 10.4 Å². The molecule has 1 rings (SSSR count). The van der Waals surface area contributed by atoms with Crippen LogP contribution in [0.3, 0.4) is 0 Å². The van der Waals surface area contributed by atoms with Crippen LogP contribution in [-0.2, 0) is 11.3 Å². The Balaban J connectivity index is 2.25. The lowest BCUT2D eigenvalue weighted by Crippen LogP contribution is -2.32. The fraction of sp³-hybridized carbons (Fsp3) is 0.667. The first kappa shape index (κ1) is 13.7. The average molecular weight is 239 g/mol. The molecule has 96 valence electrons.